The second-order valence-corrected chi connectivity index (χ2v) is 8.22. The molecule has 0 radical (unpaired) electrons. The number of hydrogen-bond acceptors (Lipinski definition) is 4. The number of nitrogens with zero attached hydrogens (tertiary/aromatic N) is 4. The molecule has 2 aromatic heterocycles. The van der Waals surface area contributed by atoms with E-state index >= 15 is 0 Å². The minimum atomic E-state index is 0.639. The number of nitrogens with one attached hydrogen (secondary N) is 1. The first-order chi connectivity index (χ1) is 13.7. The van der Waals surface area contributed by atoms with Gasteiger partial charge in [-0.05, 0) is 24.4 Å². The van der Waals surface area contributed by atoms with Crippen molar-refractivity contribution in [3.63, 3.8) is 0 Å². The topological polar surface area (TPSA) is 40.1 Å². The summed E-state index contributed by atoms with van der Waals surface area (Å²) in [6.07, 6.45) is 1.85. The molecule has 2 heterocycles. The van der Waals surface area contributed by atoms with Gasteiger partial charge in [-0.1, -0.05) is 48.5 Å². The molecule has 0 spiro atoms. The molecule has 28 heavy (non-hydrogen) atoms. The predicted molar refractivity (Wildman–Crippen MR) is 117 cm³/mol. The lowest BCUT2D eigenvalue weighted by atomic mass is 10.2. The number of hydrogen-bond donors (Lipinski definition) is 1. The van der Waals surface area contributed by atoms with E-state index in [0.29, 0.717) is 18.0 Å². The fourth-order valence-corrected chi connectivity index (χ4v) is 4.55. The molecule has 2 aromatic carbocycles. The fourth-order valence-electron chi connectivity index (χ4n) is 3.20. The Morgan fingerprint density at radius 1 is 1.14 bits per heavy atom. The number of rotatable bonds is 7. The summed E-state index contributed by atoms with van der Waals surface area (Å²) in [5, 5.41) is 5.94. The van der Waals surface area contributed by atoms with Crippen LogP contribution in [-0.4, -0.2) is 26.4 Å². The summed E-state index contributed by atoms with van der Waals surface area (Å²) < 4.78 is 5.87. The van der Waals surface area contributed by atoms with E-state index in [0.717, 1.165) is 28.5 Å². The maximum absolute atomic E-state index is 5.70. The highest BCUT2D eigenvalue weighted by Crippen LogP contribution is 2.21. The average molecular weight is 409 g/mol. The van der Waals surface area contributed by atoms with Gasteiger partial charge in [0.2, 0.25) is 4.77 Å². The van der Waals surface area contributed by atoms with Gasteiger partial charge in [-0.25, -0.2) is 4.98 Å². The van der Waals surface area contributed by atoms with Crippen LogP contribution >= 0.6 is 23.6 Å². The smallest absolute Gasteiger partial charge is 0.203 e. The highest BCUT2D eigenvalue weighted by atomic mass is 32.1. The van der Waals surface area contributed by atoms with E-state index in [1.165, 1.54) is 9.60 Å². The van der Waals surface area contributed by atoms with Crippen LogP contribution in [0.1, 0.15) is 5.01 Å². The Balaban J connectivity index is 1.58. The fraction of sp³-hybridized carbons (Fsp3) is 0.190. The Kier molecular flexibility index (Phi) is 5.47. The van der Waals surface area contributed by atoms with E-state index < -0.39 is 0 Å². The van der Waals surface area contributed by atoms with Crippen LogP contribution in [0.3, 0.4) is 0 Å². The lowest BCUT2D eigenvalue weighted by molar-refractivity contribution is -0.917. The van der Waals surface area contributed by atoms with Crippen LogP contribution in [-0.2, 0) is 19.8 Å². The molecule has 0 amide bonds. The minimum Gasteiger partial charge on any atom is -0.313 e. The zero-order valence-electron chi connectivity index (χ0n) is 15.7. The highest BCUT2D eigenvalue weighted by molar-refractivity contribution is 7.71. The van der Waals surface area contributed by atoms with Gasteiger partial charge in [-0.3, -0.25) is 4.57 Å². The molecule has 1 unspecified atom stereocenters. The average Bonchev–Trinajstić information content (AvgIpc) is 3.24. The minimum absolute atomic E-state index is 0.639. The van der Waals surface area contributed by atoms with E-state index in [1.807, 2.05) is 39.6 Å². The van der Waals surface area contributed by atoms with E-state index in [4.69, 9.17) is 22.3 Å². The van der Waals surface area contributed by atoms with Gasteiger partial charge in [0, 0.05) is 12.1 Å². The summed E-state index contributed by atoms with van der Waals surface area (Å²) in [6, 6.07) is 18.4. The number of aromatic nitrogens is 4. The van der Waals surface area contributed by atoms with Crippen molar-refractivity contribution in [2.75, 3.05) is 7.05 Å². The molecule has 0 aliphatic heterocycles. The summed E-state index contributed by atoms with van der Waals surface area (Å²) >= 11 is 7.45. The zero-order chi connectivity index (χ0) is 19.5. The number of quaternary nitrogens is 1. The third-order valence-corrected chi connectivity index (χ3v) is 5.94. The largest absolute Gasteiger partial charge is 0.313 e. The van der Waals surface area contributed by atoms with Crippen molar-refractivity contribution in [2.45, 2.75) is 19.8 Å². The number of thiazole rings is 1. The number of benzene rings is 2. The van der Waals surface area contributed by atoms with E-state index in [9.17, 15) is 0 Å². The maximum Gasteiger partial charge on any atom is 0.203 e. The van der Waals surface area contributed by atoms with E-state index in [2.05, 4.69) is 44.0 Å². The molecule has 0 aliphatic rings. The van der Waals surface area contributed by atoms with Crippen molar-refractivity contribution >= 4 is 33.8 Å². The molecule has 0 aliphatic carbocycles. The molecular weight excluding hydrogens is 386 g/mol. The monoisotopic (exact) mass is 408 g/mol. The van der Waals surface area contributed by atoms with Crippen molar-refractivity contribution in [1.29, 1.82) is 0 Å². The van der Waals surface area contributed by atoms with Gasteiger partial charge in [-0.15, -0.1) is 23.0 Å². The van der Waals surface area contributed by atoms with Crippen molar-refractivity contribution < 1.29 is 4.90 Å². The van der Waals surface area contributed by atoms with E-state index in [1.54, 1.807) is 11.3 Å². The van der Waals surface area contributed by atoms with Crippen LogP contribution < -0.4 is 4.90 Å². The molecule has 7 heteroatoms. The quantitative estimate of drug-likeness (QED) is 0.376. The van der Waals surface area contributed by atoms with Crippen LogP contribution in [0.25, 0.3) is 21.6 Å². The number of allylic oxidation sites excluding steroid dienone is 1. The Labute approximate surface area is 173 Å². The highest BCUT2D eigenvalue weighted by Gasteiger charge is 2.15. The van der Waals surface area contributed by atoms with Crippen LogP contribution in [0.5, 0.6) is 0 Å². The summed E-state index contributed by atoms with van der Waals surface area (Å²) in [6.45, 7) is 6.01. The Bertz CT molecular complexity index is 1120. The van der Waals surface area contributed by atoms with Gasteiger partial charge < -0.3 is 4.90 Å². The first-order valence-corrected chi connectivity index (χ1v) is 10.4. The third-order valence-electron chi connectivity index (χ3n) is 4.48. The SMILES string of the molecule is C=CCn1c(-c2ccccc2)nn(C[NH+](C)Cc2nc3ccccc3s2)c1=S. The van der Waals surface area contributed by atoms with Crippen LogP contribution in [0.15, 0.2) is 67.3 Å². The second kappa shape index (κ2) is 8.18. The lowest BCUT2D eigenvalue weighted by Crippen LogP contribution is -3.07. The molecular formula is C21H22N5S2+. The van der Waals surface area contributed by atoms with Crippen molar-refractivity contribution in [1.82, 2.24) is 19.3 Å². The molecule has 0 saturated carbocycles. The van der Waals surface area contributed by atoms with Gasteiger partial charge in [0.1, 0.15) is 11.6 Å². The van der Waals surface area contributed by atoms with E-state index in [-0.39, 0.29) is 0 Å². The lowest BCUT2D eigenvalue weighted by Gasteiger charge is -2.11. The summed E-state index contributed by atoms with van der Waals surface area (Å²) in [5.74, 6) is 0.873. The van der Waals surface area contributed by atoms with Gasteiger partial charge >= 0.3 is 0 Å². The second-order valence-electron chi connectivity index (χ2n) is 6.74. The summed E-state index contributed by atoms with van der Waals surface area (Å²) in [5.41, 5.74) is 2.12. The third kappa shape index (κ3) is 3.82. The number of fused-ring (bicyclic) bond motifs is 1. The molecule has 1 atom stereocenters. The molecule has 0 fully saturated rings. The Morgan fingerprint density at radius 2 is 1.89 bits per heavy atom. The Hall–Kier alpha value is -2.61. The molecule has 5 nitrogen and oxygen atoms in total. The van der Waals surface area contributed by atoms with Gasteiger partial charge in [0.05, 0.1) is 17.3 Å². The van der Waals surface area contributed by atoms with Crippen molar-refractivity contribution in [3.05, 3.63) is 77.0 Å². The molecule has 142 valence electrons. The first-order valence-electron chi connectivity index (χ1n) is 9.15. The predicted octanol–water partition coefficient (Wildman–Crippen LogP) is 3.55. The molecule has 0 bridgehead atoms. The van der Waals surface area contributed by atoms with Crippen LogP contribution in [0.4, 0.5) is 0 Å². The van der Waals surface area contributed by atoms with Gasteiger partial charge in [0.15, 0.2) is 12.5 Å². The van der Waals surface area contributed by atoms with Crippen LogP contribution in [0, 0.1) is 4.77 Å². The van der Waals surface area contributed by atoms with Crippen molar-refractivity contribution in [3.8, 4) is 11.4 Å². The van der Waals surface area contributed by atoms with Crippen LogP contribution in [0.2, 0.25) is 0 Å². The molecule has 4 aromatic rings. The first kappa shape index (κ1) is 18.7. The zero-order valence-corrected chi connectivity index (χ0v) is 17.3. The maximum atomic E-state index is 5.70. The molecule has 4 rings (SSSR count). The van der Waals surface area contributed by atoms with Crippen molar-refractivity contribution in [2.24, 2.45) is 0 Å². The molecule has 0 saturated heterocycles. The summed E-state index contributed by atoms with van der Waals surface area (Å²) in [7, 11) is 2.14. The Morgan fingerprint density at radius 3 is 2.64 bits per heavy atom. The number of para-hydroxylation sites is 1. The standard InChI is InChI=1S/C21H21N5S2/c1-3-13-25-20(16-9-5-4-6-10-16)23-26(21(25)27)15-24(2)14-19-22-17-11-7-8-12-18(17)28-19/h3-12H,1,13-15H2,2H3/p+1. The van der Waals surface area contributed by atoms with Gasteiger partial charge in [-0.2, -0.15) is 4.68 Å². The normalized spacial score (nSPS) is 12.3. The summed E-state index contributed by atoms with van der Waals surface area (Å²) in [4.78, 5) is 6.02. The van der Waals surface area contributed by atoms with Gasteiger partial charge in [0.25, 0.3) is 0 Å². The molecule has 1 N–H and O–H groups in total.